The molecule has 0 bridgehead atoms. The third kappa shape index (κ3) is 40.3. The quantitative estimate of drug-likeness (QED) is 0.317. The normalized spacial score (nSPS) is 11.0. The van der Waals surface area contributed by atoms with E-state index in [2.05, 4.69) is 19.7 Å². The van der Waals surface area contributed by atoms with Crippen LogP contribution in [0.1, 0.15) is 41.5 Å². The lowest BCUT2D eigenvalue weighted by molar-refractivity contribution is -0.140. The summed E-state index contributed by atoms with van der Waals surface area (Å²) in [6, 6.07) is 0. The van der Waals surface area contributed by atoms with E-state index in [4.69, 9.17) is 29.9 Å². The zero-order chi connectivity index (χ0) is 24.9. The molecule has 0 aromatic carbocycles. The third-order valence-electron chi connectivity index (χ3n) is 2.31. The molecule has 0 saturated heterocycles. The molecule has 0 aliphatic heterocycles. The second kappa shape index (κ2) is 22.8. The first-order chi connectivity index (χ1) is 13.6. The van der Waals surface area contributed by atoms with Gasteiger partial charge in [-0.05, 0) is 33.6 Å². The molecule has 4 N–H and O–H groups in total. The number of carboxylic acid groups (broad SMARTS) is 2. The molecule has 0 radical (unpaired) electrons. The van der Waals surface area contributed by atoms with Gasteiger partial charge in [0.1, 0.15) is 0 Å². The molecular formula is C21H38O9. The summed E-state index contributed by atoms with van der Waals surface area (Å²) in [5, 5.41) is 32.6. The molecule has 0 amide bonds. The molecule has 2 atom stereocenters. The average Bonchev–Trinajstić information content (AvgIpc) is 2.65. The highest BCUT2D eigenvalue weighted by molar-refractivity contribution is 5.86. The molecular weight excluding hydrogens is 396 g/mol. The molecule has 176 valence electrons. The molecule has 9 nitrogen and oxygen atoms in total. The number of aliphatic hydroxyl groups excluding tert-OH is 2. The summed E-state index contributed by atoms with van der Waals surface area (Å²) in [6.45, 7) is 20.8. The Kier molecular flexibility index (Phi) is 26.6. The summed E-state index contributed by atoms with van der Waals surface area (Å²) in [6.07, 6.45) is 0.221. The van der Waals surface area contributed by atoms with Gasteiger partial charge in [-0.15, -0.1) is 0 Å². The van der Waals surface area contributed by atoms with Gasteiger partial charge < -0.3 is 29.9 Å². The van der Waals surface area contributed by atoms with Gasteiger partial charge in [0.05, 0.1) is 32.0 Å². The molecule has 9 heteroatoms. The Labute approximate surface area is 179 Å². The van der Waals surface area contributed by atoms with E-state index in [0.29, 0.717) is 24.7 Å². The number of hydrogen-bond donors (Lipinski definition) is 4. The van der Waals surface area contributed by atoms with Crippen molar-refractivity contribution in [3.8, 4) is 0 Å². The van der Waals surface area contributed by atoms with Crippen LogP contribution in [-0.4, -0.2) is 70.4 Å². The van der Waals surface area contributed by atoms with Crippen LogP contribution in [0.3, 0.4) is 0 Å². The first-order valence-electron chi connectivity index (χ1n) is 9.09. The lowest BCUT2D eigenvalue weighted by Gasteiger charge is -2.10. The highest BCUT2D eigenvalue weighted by Crippen LogP contribution is 1.97. The Morgan fingerprint density at radius 3 is 1.57 bits per heavy atom. The van der Waals surface area contributed by atoms with E-state index >= 15 is 0 Å². The summed E-state index contributed by atoms with van der Waals surface area (Å²) < 4.78 is 9.78. The van der Waals surface area contributed by atoms with Crippen LogP contribution in [0.25, 0.3) is 0 Å². The second-order valence-corrected chi connectivity index (χ2v) is 6.58. The van der Waals surface area contributed by atoms with E-state index in [1.165, 1.54) is 6.92 Å². The van der Waals surface area contributed by atoms with Crippen molar-refractivity contribution in [1.82, 2.24) is 0 Å². The number of aliphatic hydroxyl groups is 2. The molecule has 0 saturated carbocycles. The maximum atomic E-state index is 10.7. The summed E-state index contributed by atoms with van der Waals surface area (Å²) in [7, 11) is 0. The maximum absolute atomic E-state index is 10.7. The maximum Gasteiger partial charge on any atom is 0.333 e. The molecule has 0 spiro atoms. The van der Waals surface area contributed by atoms with Gasteiger partial charge in [-0.2, -0.15) is 0 Å². The number of ether oxygens (including phenoxy) is 2. The van der Waals surface area contributed by atoms with Crippen molar-refractivity contribution in [2.45, 2.75) is 53.8 Å². The van der Waals surface area contributed by atoms with Crippen LogP contribution < -0.4 is 0 Å². The van der Waals surface area contributed by atoms with E-state index in [-0.39, 0.29) is 24.3 Å². The molecule has 0 rings (SSSR count). The summed E-state index contributed by atoms with van der Waals surface area (Å²) >= 11 is 0. The minimum Gasteiger partial charge on any atom is -0.478 e. The zero-order valence-corrected chi connectivity index (χ0v) is 18.9. The van der Waals surface area contributed by atoms with E-state index in [0.717, 1.165) is 6.08 Å². The lowest BCUT2D eigenvalue weighted by atomic mass is 10.2. The van der Waals surface area contributed by atoms with Gasteiger partial charge in [0.2, 0.25) is 0 Å². The van der Waals surface area contributed by atoms with Crippen LogP contribution in [0.5, 0.6) is 0 Å². The topological polar surface area (TPSA) is 151 Å². The fourth-order valence-corrected chi connectivity index (χ4v) is 0.722. The fraction of sp³-hybridized carbons (Fsp3) is 0.571. The highest BCUT2D eigenvalue weighted by Gasteiger charge is 2.03. The van der Waals surface area contributed by atoms with E-state index in [1.54, 1.807) is 20.8 Å². The number of carbonyl (C=O) groups is 3. The van der Waals surface area contributed by atoms with Crippen molar-refractivity contribution in [2.75, 3.05) is 19.8 Å². The zero-order valence-electron chi connectivity index (χ0n) is 18.9. The van der Waals surface area contributed by atoms with Crippen molar-refractivity contribution in [2.24, 2.45) is 5.92 Å². The van der Waals surface area contributed by atoms with Gasteiger partial charge in [-0.3, -0.25) is 0 Å². The van der Waals surface area contributed by atoms with Crippen LogP contribution in [0, 0.1) is 5.92 Å². The van der Waals surface area contributed by atoms with E-state index in [1.807, 2.05) is 13.8 Å². The van der Waals surface area contributed by atoms with Crippen LogP contribution in [-0.2, 0) is 23.9 Å². The lowest BCUT2D eigenvalue weighted by Crippen LogP contribution is -2.19. The smallest absolute Gasteiger partial charge is 0.333 e. The number of carboxylic acids is 2. The molecule has 0 aliphatic carbocycles. The van der Waals surface area contributed by atoms with Gasteiger partial charge in [0, 0.05) is 17.2 Å². The van der Waals surface area contributed by atoms with E-state index < -0.39 is 18.0 Å². The molecule has 0 heterocycles. The van der Waals surface area contributed by atoms with Crippen molar-refractivity contribution in [3.63, 3.8) is 0 Å². The first-order valence-corrected chi connectivity index (χ1v) is 9.09. The summed E-state index contributed by atoms with van der Waals surface area (Å²) in [5.74, 6) is -1.82. The highest BCUT2D eigenvalue weighted by atomic mass is 16.5. The van der Waals surface area contributed by atoms with Crippen molar-refractivity contribution < 1.29 is 44.3 Å². The third-order valence-corrected chi connectivity index (χ3v) is 2.31. The predicted molar refractivity (Wildman–Crippen MR) is 115 cm³/mol. The SMILES string of the molecule is C=C(C)C(=O)O.C=C(C)C(=O)OCC(C)C.C=CC(=O)O.CC(O)COC(C)CO. The number of carbonyl (C=O) groups excluding carboxylic acids is 1. The largest absolute Gasteiger partial charge is 0.478 e. The number of aliphatic carboxylic acids is 2. The molecule has 0 aromatic rings. The number of hydrogen-bond acceptors (Lipinski definition) is 7. The predicted octanol–water partition coefficient (Wildman–Crippen LogP) is 2.43. The van der Waals surface area contributed by atoms with Crippen LogP contribution in [0.2, 0.25) is 0 Å². The van der Waals surface area contributed by atoms with Gasteiger partial charge >= 0.3 is 17.9 Å². The van der Waals surface area contributed by atoms with Gasteiger partial charge in [-0.25, -0.2) is 14.4 Å². The van der Waals surface area contributed by atoms with Crippen LogP contribution >= 0.6 is 0 Å². The molecule has 0 aromatic heterocycles. The minimum absolute atomic E-state index is 0.00667. The van der Waals surface area contributed by atoms with Crippen molar-refractivity contribution in [3.05, 3.63) is 37.0 Å². The molecule has 0 fully saturated rings. The molecule has 30 heavy (non-hydrogen) atoms. The Balaban J connectivity index is -0.000000156. The summed E-state index contributed by atoms with van der Waals surface area (Å²) in [4.78, 5) is 29.6. The molecule has 0 aliphatic rings. The minimum atomic E-state index is -0.981. The monoisotopic (exact) mass is 434 g/mol. The van der Waals surface area contributed by atoms with Crippen LogP contribution in [0.4, 0.5) is 0 Å². The van der Waals surface area contributed by atoms with Crippen LogP contribution in [0.15, 0.2) is 37.0 Å². The van der Waals surface area contributed by atoms with Crippen molar-refractivity contribution in [1.29, 1.82) is 0 Å². The first kappa shape index (κ1) is 35.0. The van der Waals surface area contributed by atoms with Gasteiger partial charge in [-0.1, -0.05) is 33.6 Å². The van der Waals surface area contributed by atoms with Gasteiger partial charge in [0.25, 0.3) is 0 Å². The van der Waals surface area contributed by atoms with Crippen molar-refractivity contribution >= 4 is 17.9 Å². The Bertz CT molecular complexity index is 511. The second-order valence-electron chi connectivity index (χ2n) is 6.58. The Hall–Kier alpha value is -2.49. The fourth-order valence-electron chi connectivity index (χ4n) is 0.722. The molecule has 2 unspecified atom stereocenters. The number of rotatable bonds is 9. The van der Waals surface area contributed by atoms with Gasteiger partial charge in [0.15, 0.2) is 0 Å². The number of esters is 1. The average molecular weight is 435 g/mol. The summed E-state index contributed by atoms with van der Waals surface area (Å²) in [5.41, 5.74) is 0.635. The standard InChI is InChI=1S/C8H14O2.C6H14O3.C4H6O2.C3H4O2/c1-6(2)5-10-8(9)7(3)4;1-5(8)4-9-6(2)3-7;1-3(2)4(5)6;1-2-3(4)5/h6H,3,5H2,1-2,4H3;5-8H,3-4H2,1-2H3;1H2,2H3,(H,5,6);2H,1H2,(H,4,5). The van der Waals surface area contributed by atoms with E-state index in [9.17, 15) is 14.4 Å². The Morgan fingerprint density at radius 1 is 0.967 bits per heavy atom. The Morgan fingerprint density at radius 2 is 1.37 bits per heavy atom.